The quantitative estimate of drug-likeness (QED) is 0.406. The lowest BCUT2D eigenvalue weighted by molar-refractivity contribution is 0.0740. The van der Waals surface area contributed by atoms with Crippen molar-refractivity contribution in [2.45, 2.75) is 10.9 Å². The van der Waals surface area contributed by atoms with Crippen molar-refractivity contribution in [1.29, 1.82) is 0 Å². The molecule has 0 radical (unpaired) electrons. The topological polar surface area (TPSA) is 58.6 Å². The van der Waals surface area contributed by atoms with E-state index in [-0.39, 0.29) is 16.6 Å². The number of anilines is 1. The van der Waals surface area contributed by atoms with E-state index < -0.39 is 0 Å². The normalized spacial score (nSPS) is 13.9. The van der Waals surface area contributed by atoms with Crippen LogP contribution in [0.1, 0.15) is 16.1 Å². The molecule has 0 unspecified atom stereocenters. The molecule has 3 aromatic rings. The Morgan fingerprint density at radius 3 is 2.45 bits per heavy atom. The Kier molecular flexibility index (Phi) is 6.94. The molecule has 1 amide bonds. The number of rotatable bonds is 6. The van der Waals surface area contributed by atoms with E-state index in [0.29, 0.717) is 18.2 Å². The molecule has 1 aliphatic heterocycles. The summed E-state index contributed by atoms with van der Waals surface area (Å²) in [6, 6.07) is 18.1. The maximum atomic E-state index is 13.1. The fraction of sp³-hybridized carbons (Fsp3) is 0.261. The number of nitrogens with zero attached hydrogens (tertiary/aromatic N) is 4. The Bertz CT molecular complexity index is 1030. The lowest BCUT2D eigenvalue weighted by Crippen LogP contribution is -2.49. The zero-order valence-electron chi connectivity index (χ0n) is 17.2. The van der Waals surface area contributed by atoms with Crippen molar-refractivity contribution >= 4 is 35.0 Å². The van der Waals surface area contributed by atoms with Gasteiger partial charge < -0.3 is 14.5 Å². The maximum absolute atomic E-state index is 13.1. The second-order valence-electron chi connectivity index (χ2n) is 7.10. The van der Waals surface area contributed by atoms with E-state index in [4.69, 9.17) is 16.3 Å². The number of piperazine rings is 1. The largest absolute Gasteiger partial charge is 0.497 e. The molecule has 8 heteroatoms. The lowest BCUT2D eigenvalue weighted by atomic mass is 10.2. The molecule has 0 atom stereocenters. The van der Waals surface area contributed by atoms with Gasteiger partial charge >= 0.3 is 0 Å². The molecule has 1 fully saturated rings. The Hall–Kier alpha value is -2.77. The van der Waals surface area contributed by atoms with E-state index in [1.165, 1.54) is 23.5 Å². The van der Waals surface area contributed by atoms with Crippen molar-refractivity contribution in [2.24, 2.45) is 0 Å². The van der Waals surface area contributed by atoms with Crippen LogP contribution in [0.15, 0.2) is 66.0 Å². The van der Waals surface area contributed by atoms with Crippen LogP contribution in [0.2, 0.25) is 5.02 Å². The highest BCUT2D eigenvalue weighted by molar-refractivity contribution is 7.98. The van der Waals surface area contributed by atoms with Crippen LogP contribution in [0.3, 0.4) is 0 Å². The molecule has 2 aromatic carbocycles. The van der Waals surface area contributed by atoms with Gasteiger partial charge in [-0.15, -0.1) is 0 Å². The molecule has 0 aliphatic carbocycles. The van der Waals surface area contributed by atoms with Crippen molar-refractivity contribution in [3.8, 4) is 5.75 Å². The van der Waals surface area contributed by atoms with Crippen LogP contribution in [0.4, 0.5) is 5.69 Å². The standard InChI is InChI=1S/C23H23ClN4O2S/c1-30-19-9-7-18(8-10-19)27-11-13-28(14-12-27)22(29)21-20(24)15-25-23(26-21)31-16-17-5-3-2-4-6-17/h2-10,15H,11-14,16H2,1H3. The fourth-order valence-corrected chi connectivity index (χ4v) is 4.35. The van der Waals surface area contributed by atoms with Crippen molar-refractivity contribution in [3.05, 3.63) is 77.1 Å². The lowest BCUT2D eigenvalue weighted by Gasteiger charge is -2.36. The van der Waals surface area contributed by atoms with Gasteiger partial charge in [0.1, 0.15) is 5.75 Å². The van der Waals surface area contributed by atoms with Gasteiger partial charge in [0, 0.05) is 37.6 Å². The average Bonchev–Trinajstić information content (AvgIpc) is 2.84. The van der Waals surface area contributed by atoms with E-state index in [1.807, 2.05) is 42.5 Å². The van der Waals surface area contributed by atoms with E-state index in [2.05, 4.69) is 27.0 Å². The minimum Gasteiger partial charge on any atom is -0.497 e. The second kappa shape index (κ2) is 10.0. The summed E-state index contributed by atoms with van der Waals surface area (Å²) in [7, 11) is 1.66. The predicted molar refractivity (Wildman–Crippen MR) is 124 cm³/mol. The van der Waals surface area contributed by atoms with Gasteiger partial charge in [0.15, 0.2) is 10.9 Å². The van der Waals surface area contributed by atoms with Gasteiger partial charge in [-0.25, -0.2) is 9.97 Å². The molecule has 0 bridgehead atoms. The smallest absolute Gasteiger partial charge is 0.274 e. The van der Waals surface area contributed by atoms with Gasteiger partial charge in [0.25, 0.3) is 5.91 Å². The van der Waals surface area contributed by atoms with Crippen molar-refractivity contribution < 1.29 is 9.53 Å². The van der Waals surface area contributed by atoms with E-state index in [0.717, 1.165) is 30.3 Å². The molecule has 2 heterocycles. The molecular weight excluding hydrogens is 432 g/mol. The highest BCUT2D eigenvalue weighted by Crippen LogP contribution is 2.24. The molecule has 6 nitrogen and oxygen atoms in total. The summed E-state index contributed by atoms with van der Waals surface area (Å²) in [4.78, 5) is 25.9. The minimum absolute atomic E-state index is 0.150. The van der Waals surface area contributed by atoms with Gasteiger partial charge in [-0.3, -0.25) is 4.79 Å². The van der Waals surface area contributed by atoms with Crippen LogP contribution in [0, 0.1) is 0 Å². The summed E-state index contributed by atoms with van der Waals surface area (Å²) in [6.07, 6.45) is 1.52. The summed E-state index contributed by atoms with van der Waals surface area (Å²) in [5.41, 5.74) is 2.56. The van der Waals surface area contributed by atoms with Crippen LogP contribution in [0.5, 0.6) is 5.75 Å². The van der Waals surface area contributed by atoms with Gasteiger partial charge in [-0.1, -0.05) is 53.7 Å². The second-order valence-corrected chi connectivity index (χ2v) is 8.45. The number of ether oxygens (including phenoxy) is 1. The number of carbonyl (C=O) groups excluding carboxylic acids is 1. The van der Waals surface area contributed by atoms with Crippen LogP contribution >= 0.6 is 23.4 Å². The van der Waals surface area contributed by atoms with E-state index in [1.54, 1.807) is 12.0 Å². The molecular formula is C23H23ClN4O2S. The third-order valence-corrected chi connectivity index (χ3v) is 6.35. The van der Waals surface area contributed by atoms with Gasteiger partial charge in [0.05, 0.1) is 18.3 Å². The SMILES string of the molecule is COc1ccc(N2CCN(C(=O)c3nc(SCc4ccccc4)ncc3Cl)CC2)cc1. The number of methoxy groups -OCH3 is 1. The molecule has 31 heavy (non-hydrogen) atoms. The van der Waals surface area contributed by atoms with Crippen LogP contribution in [-0.2, 0) is 5.75 Å². The van der Waals surface area contributed by atoms with Crippen LogP contribution in [-0.4, -0.2) is 54.1 Å². The zero-order chi connectivity index (χ0) is 21.6. The molecule has 0 saturated carbocycles. The Labute approximate surface area is 191 Å². The molecule has 160 valence electrons. The van der Waals surface area contributed by atoms with E-state index in [9.17, 15) is 4.79 Å². The molecule has 1 saturated heterocycles. The fourth-order valence-electron chi connectivity index (χ4n) is 3.40. The molecule has 0 N–H and O–H groups in total. The molecule has 1 aliphatic rings. The third kappa shape index (κ3) is 5.29. The van der Waals surface area contributed by atoms with Crippen LogP contribution < -0.4 is 9.64 Å². The first-order valence-corrected chi connectivity index (χ1v) is 11.4. The number of thioether (sulfide) groups is 1. The first-order chi connectivity index (χ1) is 15.1. The monoisotopic (exact) mass is 454 g/mol. The van der Waals surface area contributed by atoms with Crippen molar-refractivity contribution in [3.63, 3.8) is 0 Å². The highest BCUT2D eigenvalue weighted by Gasteiger charge is 2.25. The Morgan fingerprint density at radius 2 is 1.77 bits per heavy atom. The third-order valence-electron chi connectivity index (χ3n) is 5.14. The zero-order valence-corrected chi connectivity index (χ0v) is 18.8. The Morgan fingerprint density at radius 1 is 1.06 bits per heavy atom. The first kappa shape index (κ1) is 21.5. The first-order valence-electron chi connectivity index (χ1n) is 10.0. The number of benzene rings is 2. The number of amides is 1. The number of aromatic nitrogens is 2. The number of carbonyl (C=O) groups is 1. The number of halogens is 1. The van der Waals surface area contributed by atoms with Gasteiger partial charge in [-0.2, -0.15) is 0 Å². The van der Waals surface area contributed by atoms with Crippen molar-refractivity contribution in [1.82, 2.24) is 14.9 Å². The predicted octanol–water partition coefficient (Wildman–Crippen LogP) is 4.39. The highest BCUT2D eigenvalue weighted by atomic mass is 35.5. The molecule has 1 aromatic heterocycles. The summed E-state index contributed by atoms with van der Waals surface area (Å²) >= 11 is 7.77. The summed E-state index contributed by atoms with van der Waals surface area (Å²) < 4.78 is 5.22. The molecule has 0 spiro atoms. The van der Waals surface area contributed by atoms with Crippen molar-refractivity contribution in [2.75, 3.05) is 38.2 Å². The summed E-state index contributed by atoms with van der Waals surface area (Å²) in [5.74, 6) is 1.41. The van der Waals surface area contributed by atoms with Gasteiger partial charge in [0.2, 0.25) is 0 Å². The van der Waals surface area contributed by atoms with E-state index >= 15 is 0 Å². The minimum atomic E-state index is -0.150. The maximum Gasteiger partial charge on any atom is 0.274 e. The number of hydrogen-bond acceptors (Lipinski definition) is 6. The molecule has 4 rings (SSSR count). The van der Waals surface area contributed by atoms with Crippen LogP contribution in [0.25, 0.3) is 0 Å². The number of hydrogen-bond donors (Lipinski definition) is 0. The summed E-state index contributed by atoms with van der Waals surface area (Å²) in [6.45, 7) is 2.71. The summed E-state index contributed by atoms with van der Waals surface area (Å²) in [5, 5.41) is 0.833. The Balaban J connectivity index is 1.38. The van der Waals surface area contributed by atoms with Gasteiger partial charge in [-0.05, 0) is 29.8 Å². The average molecular weight is 455 g/mol.